The number of fused-ring (bicyclic) bond motifs is 5. The molecule has 138 valence electrons. The Morgan fingerprint density at radius 2 is 2.04 bits per heavy atom. The summed E-state index contributed by atoms with van der Waals surface area (Å²) in [5.41, 5.74) is 3.01. The van der Waals surface area contributed by atoms with E-state index in [1.807, 2.05) is 6.20 Å². The highest BCUT2D eigenvalue weighted by atomic mass is 16.1. The zero-order chi connectivity index (χ0) is 17.9. The quantitative estimate of drug-likeness (QED) is 0.842. The second kappa shape index (κ2) is 5.51. The Morgan fingerprint density at radius 1 is 1.15 bits per heavy atom. The summed E-state index contributed by atoms with van der Waals surface area (Å²) in [5.74, 6) is 2.20. The minimum absolute atomic E-state index is 0.137. The predicted octanol–water partition coefficient (Wildman–Crippen LogP) is 3.16. The van der Waals surface area contributed by atoms with E-state index in [2.05, 4.69) is 40.7 Å². The van der Waals surface area contributed by atoms with E-state index < -0.39 is 0 Å². The van der Waals surface area contributed by atoms with Crippen LogP contribution in [0.1, 0.15) is 58.8 Å². The van der Waals surface area contributed by atoms with Crippen molar-refractivity contribution in [2.75, 3.05) is 0 Å². The van der Waals surface area contributed by atoms with Gasteiger partial charge in [0.1, 0.15) is 0 Å². The number of nitrogens with one attached hydrogen (secondary N) is 1. The van der Waals surface area contributed by atoms with Crippen molar-refractivity contribution in [2.24, 2.45) is 28.6 Å². The molecule has 2 saturated carbocycles. The van der Waals surface area contributed by atoms with E-state index in [1.54, 1.807) is 4.80 Å². The molecule has 0 radical (unpaired) electrons. The summed E-state index contributed by atoms with van der Waals surface area (Å²) in [4.78, 5) is 13.7. The normalized spacial score (nSPS) is 41.9. The van der Waals surface area contributed by atoms with Crippen LogP contribution in [0.4, 0.5) is 0 Å². The maximum absolute atomic E-state index is 12.0. The number of nitrogens with zero attached hydrogens (tertiary/aromatic N) is 4. The molecule has 0 saturated heterocycles. The molecule has 4 aliphatic rings. The number of hydrogen-bond acceptors (Lipinski definition) is 4. The number of carbonyl (C=O) groups excluding carboxylic acids is 1. The Bertz CT molecular complexity index is 797. The van der Waals surface area contributed by atoms with E-state index in [0.29, 0.717) is 24.2 Å². The number of allylic oxidation sites excluding steroid dienone is 3. The standard InChI is InChI=1S/C20H27N5O/c1-19-10-8-18(26)21-11-13(19)3-4-14-15-5-6-17(25-23-12-22-24-25)20(15,2)9-7-16(14)19/h6,11-12,14-16H,3-5,7-10H2,1-2H3,(H,21,26)/t14?,15?,16?,19-,20-/m0/s1. The molecule has 3 unspecified atom stereocenters. The summed E-state index contributed by atoms with van der Waals surface area (Å²) < 4.78 is 0. The zero-order valence-electron chi connectivity index (χ0n) is 15.6. The van der Waals surface area contributed by atoms with Gasteiger partial charge in [-0.25, -0.2) is 0 Å². The van der Waals surface area contributed by atoms with Gasteiger partial charge in [0, 0.05) is 18.0 Å². The third-order valence-corrected chi connectivity index (χ3v) is 8.12. The lowest BCUT2D eigenvalue weighted by Gasteiger charge is -2.56. The Labute approximate surface area is 154 Å². The van der Waals surface area contributed by atoms with Gasteiger partial charge in [-0.05, 0) is 72.5 Å². The molecule has 0 bridgehead atoms. The topological polar surface area (TPSA) is 72.7 Å². The first kappa shape index (κ1) is 16.2. The van der Waals surface area contributed by atoms with Crippen molar-refractivity contribution in [2.45, 2.75) is 58.8 Å². The van der Waals surface area contributed by atoms with Gasteiger partial charge in [0.2, 0.25) is 5.91 Å². The summed E-state index contributed by atoms with van der Waals surface area (Å²) in [7, 11) is 0. The minimum atomic E-state index is 0.137. The first-order valence-electron chi connectivity index (χ1n) is 9.95. The van der Waals surface area contributed by atoms with E-state index in [0.717, 1.165) is 25.7 Å². The van der Waals surface area contributed by atoms with E-state index in [-0.39, 0.29) is 16.7 Å². The highest BCUT2D eigenvalue weighted by molar-refractivity contribution is 5.77. The third kappa shape index (κ3) is 2.10. The Kier molecular flexibility index (Phi) is 3.43. The maximum atomic E-state index is 12.0. The van der Waals surface area contributed by atoms with Gasteiger partial charge in [-0.15, -0.1) is 15.0 Å². The molecule has 1 amide bonds. The lowest BCUT2D eigenvalue weighted by Crippen LogP contribution is -2.49. The van der Waals surface area contributed by atoms with Crippen molar-refractivity contribution in [1.29, 1.82) is 0 Å². The molecule has 2 heterocycles. The monoisotopic (exact) mass is 353 g/mol. The average Bonchev–Trinajstić information content (AvgIpc) is 3.22. The van der Waals surface area contributed by atoms with Crippen LogP contribution in [0.5, 0.6) is 0 Å². The molecule has 5 rings (SSSR count). The first-order chi connectivity index (χ1) is 12.5. The number of tetrazole rings is 1. The number of hydrogen-bond donors (Lipinski definition) is 1. The largest absolute Gasteiger partial charge is 0.333 e. The Morgan fingerprint density at radius 3 is 2.85 bits per heavy atom. The van der Waals surface area contributed by atoms with E-state index in [9.17, 15) is 4.79 Å². The van der Waals surface area contributed by atoms with Crippen molar-refractivity contribution in [1.82, 2.24) is 25.5 Å². The van der Waals surface area contributed by atoms with E-state index in [4.69, 9.17) is 0 Å². The number of carbonyl (C=O) groups is 1. The van der Waals surface area contributed by atoms with Crippen molar-refractivity contribution in [3.8, 4) is 0 Å². The van der Waals surface area contributed by atoms with E-state index >= 15 is 0 Å². The molecule has 6 nitrogen and oxygen atoms in total. The summed E-state index contributed by atoms with van der Waals surface area (Å²) in [6, 6.07) is 0. The molecule has 0 aromatic carbocycles. The fraction of sp³-hybridized carbons (Fsp3) is 0.700. The van der Waals surface area contributed by atoms with Crippen molar-refractivity contribution >= 4 is 11.6 Å². The van der Waals surface area contributed by atoms with Gasteiger partial charge in [0.05, 0.1) is 5.70 Å². The van der Waals surface area contributed by atoms with Gasteiger partial charge in [-0.2, -0.15) is 0 Å². The molecule has 1 aromatic heterocycles. The Hall–Kier alpha value is -1.98. The van der Waals surface area contributed by atoms with Crippen LogP contribution < -0.4 is 5.32 Å². The van der Waals surface area contributed by atoms with Gasteiger partial charge < -0.3 is 5.32 Å². The lowest BCUT2D eigenvalue weighted by molar-refractivity contribution is -0.120. The van der Waals surface area contributed by atoms with Crippen molar-refractivity contribution in [3.63, 3.8) is 0 Å². The van der Waals surface area contributed by atoms with Crippen LogP contribution in [-0.2, 0) is 4.79 Å². The molecule has 0 spiro atoms. The summed E-state index contributed by atoms with van der Waals surface area (Å²) >= 11 is 0. The molecule has 26 heavy (non-hydrogen) atoms. The van der Waals surface area contributed by atoms with Gasteiger partial charge >= 0.3 is 0 Å². The van der Waals surface area contributed by atoms with Crippen LogP contribution in [0.3, 0.4) is 0 Å². The molecule has 3 aliphatic carbocycles. The van der Waals surface area contributed by atoms with E-state index in [1.165, 1.54) is 30.4 Å². The number of aromatic nitrogens is 4. The molecule has 2 fully saturated rings. The molecule has 6 heteroatoms. The minimum Gasteiger partial charge on any atom is -0.333 e. The van der Waals surface area contributed by atoms with Gasteiger partial charge in [-0.3, -0.25) is 4.79 Å². The summed E-state index contributed by atoms with van der Waals surface area (Å²) in [6.45, 7) is 4.82. The summed E-state index contributed by atoms with van der Waals surface area (Å²) in [6.07, 6.45) is 13.4. The van der Waals surface area contributed by atoms with Crippen LogP contribution in [0.25, 0.3) is 5.70 Å². The van der Waals surface area contributed by atoms with Gasteiger partial charge in [0.15, 0.2) is 6.33 Å². The average molecular weight is 353 g/mol. The smallest absolute Gasteiger partial charge is 0.223 e. The first-order valence-corrected chi connectivity index (χ1v) is 9.95. The zero-order valence-corrected chi connectivity index (χ0v) is 15.6. The second-order valence-corrected chi connectivity index (χ2v) is 9.08. The number of amides is 1. The highest BCUT2D eigenvalue weighted by Crippen LogP contribution is 2.65. The predicted molar refractivity (Wildman–Crippen MR) is 97.3 cm³/mol. The maximum Gasteiger partial charge on any atom is 0.223 e. The van der Waals surface area contributed by atoms with Gasteiger partial charge in [-0.1, -0.05) is 19.9 Å². The molecule has 1 aliphatic heterocycles. The molecule has 5 atom stereocenters. The van der Waals surface area contributed by atoms with Crippen LogP contribution in [0, 0.1) is 28.6 Å². The SMILES string of the molecule is C[C@]12CCC(=O)NC=C1CCC1C2CC[C@]2(C)C(n3ncnn3)=CCC12. The Balaban J connectivity index is 1.47. The summed E-state index contributed by atoms with van der Waals surface area (Å²) in [5, 5.41) is 15.4. The lowest BCUT2D eigenvalue weighted by atomic mass is 9.48. The van der Waals surface area contributed by atoms with Crippen molar-refractivity contribution in [3.05, 3.63) is 24.2 Å². The fourth-order valence-corrected chi connectivity index (χ4v) is 6.66. The highest BCUT2D eigenvalue weighted by Gasteiger charge is 2.57. The van der Waals surface area contributed by atoms with Crippen molar-refractivity contribution < 1.29 is 4.79 Å². The second-order valence-electron chi connectivity index (χ2n) is 9.08. The third-order valence-electron chi connectivity index (χ3n) is 8.12. The van der Waals surface area contributed by atoms with Crippen LogP contribution in [-0.4, -0.2) is 26.1 Å². The van der Waals surface area contributed by atoms with Crippen LogP contribution in [0.2, 0.25) is 0 Å². The molecular formula is C20H27N5O. The van der Waals surface area contributed by atoms with Crippen LogP contribution >= 0.6 is 0 Å². The van der Waals surface area contributed by atoms with Gasteiger partial charge in [0.25, 0.3) is 0 Å². The molecule has 1 N–H and O–H groups in total. The van der Waals surface area contributed by atoms with Crippen LogP contribution in [0.15, 0.2) is 24.2 Å². The fourth-order valence-electron chi connectivity index (χ4n) is 6.66. The molecule has 1 aromatic rings. The number of rotatable bonds is 1. The molecular weight excluding hydrogens is 326 g/mol.